The summed E-state index contributed by atoms with van der Waals surface area (Å²) in [5, 5.41) is 24.0. The highest BCUT2D eigenvalue weighted by atomic mass is 16.6. The number of imide groups is 1. The van der Waals surface area contributed by atoms with Crippen molar-refractivity contribution in [3.63, 3.8) is 0 Å². The minimum Gasteiger partial charge on any atom is -0.450 e. The molecule has 1 aliphatic rings. The van der Waals surface area contributed by atoms with Crippen molar-refractivity contribution in [1.82, 2.24) is 5.32 Å². The summed E-state index contributed by atoms with van der Waals surface area (Å²) in [6.07, 6.45) is -1.09. The van der Waals surface area contributed by atoms with Crippen molar-refractivity contribution in [2.75, 3.05) is 20.3 Å². The third-order valence-corrected chi connectivity index (χ3v) is 1.15. The van der Waals surface area contributed by atoms with Crippen molar-refractivity contribution >= 4 is 18.0 Å². The highest BCUT2D eigenvalue weighted by Crippen LogP contribution is 1.95. The molecule has 0 aliphatic carbocycles. The monoisotopic (exact) mass is 237 g/mol. The van der Waals surface area contributed by atoms with Crippen LogP contribution >= 0.6 is 0 Å². The van der Waals surface area contributed by atoms with Gasteiger partial charge < -0.3 is 20.1 Å². The van der Waals surface area contributed by atoms with Crippen molar-refractivity contribution < 1.29 is 34.4 Å². The van der Waals surface area contributed by atoms with Crippen molar-refractivity contribution in [2.45, 2.75) is 12.8 Å². The molecule has 1 fully saturated rings. The molecule has 0 radical (unpaired) electrons. The van der Waals surface area contributed by atoms with Gasteiger partial charge in [0.2, 0.25) is 11.8 Å². The first-order valence-electron chi connectivity index (χ1n) is 4.28. The molecule has 1 heterocycles. The van der Waals surface area contributed by atoms with E-state index in [-0.39, 0.29) is 18.4 Å². The smallest absolute Gasteiger partial charge is 0.450 e. The second-order valence-electron chi connectivity index (χ2n) is 2.47. The molecule has 0 unspecified atom stereocenters. The van der Waals surface area contributed by atoms with Gasteiger partial charge in [-0.05, 0) is 0 Å². The van der Waals surface area contributed by atoms with E-state index in [9.17, 15) is 9.59 Å². The summed E-state index contributed by atoms with van der Waals surface area (Å²) < 4.78 is 4.44. The first-order valence-corrected chi connectivity index (χ1v) is 4.28. The molecule has 0 aromatic carbocycles. The number of nitrogens with one attached hydrogen (secondary N) is 1. The van der Waals surface area contributed by atoms with Gasteiger partial charge in [-0.3, -0.25) is 14.9 Å². The number of methoxy groups -OCH3 is 1. The van der Waals surface area contributed by atoms with Crippen LogP contribution in [-0.2, 0) is 14.3 Å². The van der Waals surface area contributed by atoms with Gasteiger partial charge in [0.05, 0.1) is 13.2 Å². The largest absolute Gasteiger partial charge is 0.503 e. The van der Waals surface area contributed by atoms with Gasteiger partial charge >= 0.3 is 6.16 Å². The fraction of sp³-hybridized carbons (Fsp3) is 0.625. The van der Waals surface area contributed by atoms with Crippen LogP contribution in [0.5, 0.6) is 0 Å². The lowest BCUT2D eigenvalue weighted by atomic mass is 10.4. The van der Waals surface area contributed by atoms with Crippen molar-refractivity contribution in [1.29, 1.82) is 0 Å². The number of hydrogen-bond donors (Lipinski definition) is 4. The van der Waals surface area contributed by atoms with Gasteiger partial charge in [-0.25, -0.2) is 4.79 Å². The van der Waals surface area contributed by atoms with Crippen LogP contribution in [0.2, 0.25) is 0 Å². The molecule has 0 saturated carbocycles. The van der Waals surface area contributed by atoms with E-state index < -0.39 is 6.16 Å². The lowest BCUT2D eigenvalue weighted by molar-refractivity contribution is -0.124. The zero-order chi connectivity index (χ0) is 13.0. The molecule has 0 spiro atoms. The molecule has 2 amide bonds. The maximum Gasteiger partial charge on any atom is 0.503 e. The Morgan fingerprint density at radius 2 is 1.69 bits per heavy atom. The van der Waals surface area contributed by atoms with Crippen LogP contribution in [0.25, 0.3) is 0 Å². The fourth-order valence-electron chi connectivity index (χ4n) is 0.599. The van der Waals surface area contributed by atoms with E-state index in [0.717, 1.165) is 0 Å². The average Bonchev–Trinajstić information content (AvgIpc) is 2.51. The molecule has 8 heteroatoms. The van der Waals surface area contributed by atoms with E-state index in [0.29, 0.717) is 19.4 Å². The second kappa shape index (κ2) is 11.4. The molecule has 0 aromatic rings. The fourth-order valence-corrected chi connectivity index (χ4v) is 0.599. The van der Waals surface area contributed by atoms with Gasteiger partial charge in [0.1, 0.15) is 0 Å². The standard InChI is InChI=1S/C4H5NO2.C3H8O2.CH2O3/c6-3-1-2-4(7)5-3;1-5-3-2-4;2-1(3)4/h1-2H2,(H,5,6,7);4H,2-3H2,1H3;(H2,2,3,4). The van der Waals surface area contributed by atoms with Crippen LogP contribution in [0.3, 0.4) is 0 Å². The van der Waals surface area contributed by atoms with Gasteiger partial charge in [0.25, 0.3) is 0 Å². The Balaban J connectivity index is 0. The van der Waals surface area contributed by atoms with Crippen LogP contribution in [0, 0.1) is 0 Å². The first kappa shape index (κ1) is 16.7. The molecule has 1 aliphatic heterocycles. The summed E-state index contributed by atoms with van der Waals surface area (Å²) in [6.45, 7) is 0.566. The quantitative estimate of drug-likeness (QED) is 0.465. The number of ether oxygens (including phenoxy) is 1. The molecular weight excluding hydrogens is 222 g/mol. The molecule has 0 aromatic heterocycles. The van der Waals surface area contributed by atoms with Crippen molar-refractivity contribution in [2.24, 2.45) is 0 Å². The van der Waals surface area contributed by atoms with Crippen LogP contribution in [0.4, 0.5) is 4.79 Å². The Morgan fingerprint density at radius 3 is 1.75 bits per heavy atom. The average molecular weight is 237 g/mol. The molecule has 0 atom stereocenters. The summed E-state index contributed by atoms with van der Waals surface area (Å²) in [4.78, 5) is 28.8. The minimum atomic E-state index is -1.83. The summed E-state index contributed by atoms with van der Waals surface area (Å²) in [7, 11) is 1.55. The maximum absolute atomic E-state index is 10.1. The summed E-state index contributed by atoms with van der Waals surface area (Å²) in [5.74, 6) is -0.296. The Hall–Kier alpha value is -1.67. The van der Waals surface area contributed by atoms with E-state index >= 15 is 0 Å². The Morgan fingerprint density at radius 1 is 1.31 bits per heavy atom. The van der Waals surface area contributed by atoms with E-state index in [1.54, 1.807) is 7.11 Å². The molecule has 94 valence electrons. The lowest BCUT2D eigenvalue weighted by Gasteiger charge is -1.84. The zero-order valence-corrected chi connectivity index (χ0v) is 8.80. The summed E-state index contributed by atoms with van der Waals surface area (Å²) >= 11 is 0. The Kier molecular flexibility index (Phi) is 11.9. The van der Waals surface area contributed by atoms with Crippen molar-refractivity contribution in [3.05, 3.63) is 0 Å². The molecule has 1 rings (SSSR count). The minimum absolute atomic E-state index is 0.122. The highest BCUT2D eigenvalue weighted by Gasteiger charge is 2.15. The second-order valence-corrected chi connectivity index (χ2v) is 2.47. The molecule has 8 nitrogen and oxygen atoms in total. The number of carbonyl (C=O) groups excluding carboxylic acids is 2. The summed E-state index contributed by atoms with van der Waals surface area (Å²) in [6, 6.07) is 0. The predicted octanol–water partition coefficient (Wildman–Crippen LogP) is -0.729. The zero-order valence-electron chi connectivity index (χ0n) is 8.80. The van der Waals surface area contributed by atoms with Gasteiger partial charge in [0, 0.05) is 20.0 Å². The maximum atomic E-state index is 10.1. The molecule has 4 N–H and O–H groups in total. The van der Waals surface area contributed by atoms with Gasteiger partial charge in [0.15, 0.2) is 0 Å². The molecule has 1 saturated heterocycles. The Bertz CT molecular complexity index is 208. The number of rotatable bonds is 2. The van der Waals surface area contributed by atoms with E-state index in [1.165, 1.54) is 0 Å². The van der Waals surface area contributed by atoms with Crippen LogP contribution in [-0.4, -0.2) is 53.6 Å². The normalized spacial score (nSPS) is 12.9. The number of carbonyl (C=O) groups is 3. The lowest BCUT2D eigenvalue weighted by Crippen LogP contribution is -2.18. The third-order valence-electron chi connectivity index (χ3n) is 1.15. The van der Waals surface area contributed by atoms with Crippen molar-refractivity contribution in [3.8, 4) is 0 Å². The van der Waals surface area contributed by atoms with Gasteiger partial charge in [-0.15, -0.1) is 0 Å². The Labute approximate surface area is 91.8 Å². The number of hydrogen-bond acceptors (Lipinski definition) is 5. The highest BCUT2D eigenvalue weighted by molar-refractivity contribution is 6.01. The van der Waals surface area contributed by atoms with Crippen LogP contribution < -0.4 is 5.32 Å². The van der Waals surface area contributed by atoms with E-state index in [4.69, 9.17) is 20.1 Å². The summed E-state index contributed by atoms with van der Waals surface area (Å²) in [5.41, 5.74) is 0. The van der Waals surface area contributed by atoms with Gasteiger partial charge in [-0.2, -0.15) is 0 Å². The number of aliphatic hydroxyl groups excluding tert-OH is 1. The SMILES string of the molecule is COCCO.O=C(O)O.O=C1CCC(=O)N1. The van der Waals surface area contributed by atoms with E-state index in [2.05, 4.69) is 10.1 Å². The molecule has 0 bridgehead atoms. The molecule has 16 heavy (non-hydrogen) atoms. The topological polar surface area (TPSA) is 133 Å². The first-order chi connectivity index (χ1) is 7.43. The molecular formula is C8H15NO7. The number of carboxylic acid groups (broad SMARTS) is 2. The van der Waals surface area contributed by atoms with Gasteiger partial charge in [-0.1, -0.05) is 0 Å². The third kappa shape index (κ3) is 18.2. The van der Waals surface area contributed by atoms with Crippen LogP contribution in [0.15, 0.2) is 0 Å². The van der Waals surface area contributed by atoms with Crippen LogP contribution in [0.1, 0.15) is 12.8 Å². The number of aliphatic hydroxyl groups is 1. The predicted molar refractivity (Wildman–Crippen MR) is 52.0 cm³/mol. The van der Waals surface area contributed by atoms with E-state index in [1.807, 2.05) is 0 Å². The number of amides is 2.